The zero-order valence-corrected chi connectivity index (χ0v) is 12.5. The van der Waals surface area contributed by atoms with Gasteiger partial charge >= 0.3 is 0 Å². The third kappa shape index (κ3) is 3.21. The van der Waals surface area contributed by atoms with Gasteiger partial charge in [0.05, 0.1) is 5.69 Å². The van der Waals surface area contributed by atoms with Crippen molar-refractivity contribution in [2.45, 2.75) is 38.6 Å². The Morgan fingerprint density at radius 2 is 1.80 bits per heavy atom. The van der Waals surface area contributed by atoms with E-state index in [-0.39, 0.29) is 0 Å². The van der Waals surface area contributed by atoms with E-state index in [9.17, 15) is 0 Å². The maximum absolute atomic E-state index is 5.49. The van der Waals surface area contributed by atoms with E-state index in [1.165, 1.54) is 44.5 Å². The van der Waals surface area contributed by atoms with Crippen molar-refractivity contribution >= 4 is 0 Å². The highest BCUT2D eigenvalue weighted by Gasteiger charge is 2.29. The summed E-state index contributed by atoms with van der Waals surface area (Å²) in [5.74, 6) is 1.84. The van der Waals surface area contributed by atoms with Crippen LogP contribution in [0.3, 0.4) is 0 Å². The Labute approximate surface area is 122 Å². The average Bonchev–Trinajstić information content (AvgIpc) is 2.56. The van der Waals surface area contributed by atoms with Gasteiger partial charge in [0.15, 0.2) is 0 Å². The lowest BCUT2D eigenvalue weighted by Gasteiger charge is -2.39. The van der Waals surface area contributed by atoms with Crippen LogP contribution in [0.15, 0.2) is 24.4 Å². The normalized spacial score (nSPS) is 24.6. The maximum Gasteiger partial charge on any atom is 0.0572 e. The predicted octanol–water partition coefficient (Wildman–Crippen LogP) is 3.28. The summed E-state index contributed by atoms with van der Waals surface area (Å²) in [4.78, 5) is 7.10. The van der Waals surface area contributed by atoms with E-state index >= 15 is 0 Å². The molecular weight excluding hydrogens is 248 g/mol. The molecule has 0 spiro atoms. The summed E-state index contributed by atoms with van der Waals surface area (Å²) in [6.07, 6.45) is 7.16. The first-order chi connectivity index (χ1) is 9.84. The van der Waals surface area contributed by atoms with Crippen LogP contribution >= 0.6 is 0 Å². The van der Waals surface area contributed by atoms with Gasteiger partial charge in [-0.05, 0) is 69.7 Å². The van der Waals surface area contributed by atoms with E-state index in [4.69, 9.17) is 4.74 Å². The van der Waals surface area contributed by atoms with Crippen molar-refractivity contribution < 1.29 is 4.74 Å². The van der Waals surface area contributed by atoms with Gasteiger partial charge in [0.25, 0.3) is 0 Å². The van der Waals surface area contributed by atoms with Crippen LogP contribution in [0.2, 0.25) is 0 Å². The molecule has 0 N–H and O–H groups in total. The number of aromatic nitrogens is 1. The Morgan fingerprint density at radius 1 is 1.10 bits per heavy atom. The highest BCUT2D eigenvalue weighted by atomic mass is 16.5. The number of rotatable bonds is 3. The van der Waals surface area contributed by atoms with Gasteiger partial charge in [-0.2, -0.15) is 0 Å². The molecule has 0 saturated carbocycles. The van der Waals surface area contributed by atoms with Gasteiger partial charge in [-0.1, -0.05) is 6.07 Å². The number of pyridine rings is 1. The van der Waals surface area contributed by atoms with Crippen LogP contribution < -0.4 is 0 Å². The maximum atomic E-state index is 5.49. The highest BCUT2D eigenvalue weighted by molar-refractivity contribution is 5.08. The first kappa shape index (κ1) is 14.0. The Morgan fingerprint density at radius 3 is 2.45 bits per heavy atom. The molecule has 3 nitrogen and oxygen atoms in total. The summed E-state index contributed by atoms with van der Waals surface area (Å²) in [7, 11) is 0. The molecule has 2 saturated heterocycles. The molecule has 0 unspecified atom stereocenters. The van der Waals surface area contributed by atoms with E-state index in [0.717, 1.165) is 25.0 Å². The van der Waals surface area contributed by atoms with E-state index in [2.05, 4.69) is 28.9 Å². The van der Waals surface area contributed by atoms with Crippen molar-refractivity contribution in [3.63, 3.8) is 0 Å². The predicted molar refractivity (Wildman–Crippen MR) is 80.5 cm³/mol. The molecule has 0 bridgehead atoms. The highest BCUT2D eigenvalue weighted by Crippen LogP contribution is 2.34. The minimum Gasteiger partial charge on any atom is -0.381 e. The second kappa shape index (κ2) is 6.68. The summed E-state index contributed by atoms with van der Waals surface area (Å²) >= 11 is 0. The standard InChI is InChI=1S/C17H26N2O/c1-14(17-4-2-3-9-18-17)19-10-5-15(6-11-19)16-7-12-20-13-8-16/h2-4,9,14-16H,5-8,10-13H2,1H3/t14-/m0/s1. The number of hydrogen-bond donors (Lipinski definition) is 0. The molecule has 2 fully saturated rings. The van der Waals surface area contributed by atoms with Crippen molar-refractivity contribution in [1.82, 2.24) is 9.88 Å². The van der Waals surface area contributed by atoms with Gasteiger partial charge < -0.3 is 4.74 Å². The minimum atomic E-state index is 0.451. The lowest BCUT2D eigenvalue weighted by Crippen LogP contribution is -2.39. The number of nitrogens with zero attached hydrogens (tertiary/aromatic N) is 2. The number of piperidine rings is 1. The van der Waals surface area contributed by atoms with Gasteiger partial charge in [0.2, 0.25) is 0 Å². The Kier molecular flexibility index (Phi) is 4.69. The molecule has 3 rings (SSSR count). The fourth-order valence-corrected chi connectivity index (χ4v) is 3.78. The summed E-state index contributed by atoms with van der Waals surface area (Å²) in [5, 5.41) is 0. The lowest BCUT2D eigenvalue weighted by atomic mass is 9.80. The molecule has 0 aromatic carbocycles. The van der Waals surface area contributed by atoms with Crippen molar-refractivity contribution in [2.24, 2.45) is 11.8 Å². The largest absolute Gasteiger partial charge is 0.381 e. The SMILES string of the molecule is C[C@@H](c1ccccn1)N1CCC(C2CCOCC2)CC1. The molecule has 2 aliphatic heterocycles. The zero-order chi connectivity index (χ0) is 13.8. The van der Waals surface area contributed by atoms with Crippen molar-refractivity contribution in [3.8, 4) is 0 Å². The van der Waals surface area contributed by atoms with Gasteiger partial charge in [-0.3, -0.25) is 9.88 Å². The molecule has 1 aromatic rings. The molecule has 110 valence electrons. The quantitative estimate of drug-likeness (QED) is 0.846. The van der Waals surface area contributed by atoms with Crippen LogP contribution in [0.4, 0.5) is 0 Å². The van der Waals surface area contributed by atoms with Crippen molar-refractivity contribution in [3.05, 3.63) is 30.1 Å². The van der Waals surface area contributed by atoms with Crippen LogP contribution in [0.1, 0.15) is 44.3 Å². The van der Waals surface area contributed by atoms with Gasteiger partial charge in [-0.25, -0.2) is 0 Å². The molecule has 2 aliphatic rings. The molecule has 3 heterocycles. The summed E-state index contributed by atoms with van der Waals surface area (Å²) in [6.45, 7) is 6.70. The Hall–Kier alpha value is -0.930. The summed E-state index contributed by atoms with van der Waals surface area (Å²) < 4.78 is 5.49. The van der Waals surface area contributed by atoms with Crippen LogP contribution in [0, 0.1) is 11.8 Å². The fourth-order valence-electron chi connectivity index (χ4n) is 3.78. The average molecular weight is 274 g/mol. The number of hydrogen-bond acceptors (Lipinski definition) is 3. The number of likely N-dealkylation sites (tertiary alicyclic amines) is 1. The first-order valence-corrected chi connectivity index (χ1v) is 8.07. The molecule has 0 radical (unpaired) electrons. The van der Waals surface area contributed by atoms with E-state index in [1.54, 1.807) is 0 Å². The van der Waals surface area contributed by atoms with Crippen molar-refractivity contribution in [1.29, 1.82) is 0 Å². The van der Waals surface area contributed by atoms with Gasteiger partial charge in [0, 0.05) is 25.5 Å². The Bertz CT molecular complexity index is 395. The second-order valence-electron chi connectivity index (χ2n) is 6.25. The minimum absolute atomic E-state index is 0.451. The van der Waals surface area contributed by atoms with Crippen LogP contribution in [-0.4, -0.2) is 36.2 Å². The molecule has 1 aromatic heterocycles. The zero-order valence-electron chi connectivity index (χ0n) is 12.5. The number of ether oxygens (including phenoxy) is 1. The molecular formula is C17H26N2O. The fraction of sp³-hybridized carbons (Fsp3) is 0.706. The van der Waals surface area contributed by atoms with E-state index < -0.39 is 0 Å². The molecule has 0 aliphatic carbocycles. The van der Waals surface area contributed by atoms with Crippen LogP contribution in [-0.2, 0) is 4.74 Å². The Balaban J connectivity index is 1.53. The second-order valence-corrected chi connectivity index (χ2v) is 6.25. The smallest absolute Gasteiger partial charge is 0.0572 e. The third-order valence-corrected chi connectivity index (χ3v) is 5.17. The van der Waals surface area contributed by atoms with E-state index in [0.29, 0.717) is 6.04 Å². The summed E-state index contributed by atoms with van der Waals surface area (Å²) in [6, 6.07) is 6.68. The molecule has 0 amide bonds. The monoisotopic (exact) mass is 274 g/mol. The van der Waals surface area contributed by atoms with Crippen molar-refractivity contribution in [2.75, 3.05) is 26.3 Å². The lowest BCUT2D eigenvalue weighted by molar-refractivity contribution is 0.0256. The van der Waals surface area contributed by atoms with E-state index in [1.807, 2.05) is 12.3 Å². The van der Waals surface area contributed by atoms with Gasteiger partial charge in [-0.15, -0.1) is 0 Å². The van der Waals surface area contributed by atoms with Crippen LogP contribution in [0.5, 0.6) is 0 Å². The molecule has 20 heavy (non-hydrogen) atoms. The molecule has 1 atom stereocenters. The topological polar surface area (TPSA) is 25.4 Å². The molecule has 3 heteroatoms. The third-order valence-electron chi connectivity index (χ3n) is 5.17. The van der Waals surface area contributed by atoms with Gasteiger partial charge in [0.1, 0.15) is 0 Å². The summed E-state index contributed by atoms with van der Waals surface area (Å²) in [5.41, 5.74) is 1.21. The first-order valence-electron chi connectivity index (χ1n) is 8.07. The van der Waals surface area contributed by atoms with Crippen LogP contribution in [0.25, 0.3) is 0 Å².